The van der Waals surface area contributed by atoms with E-state index >= 15 is 0 Å². The zero-order chi connectivity index (χ0) is 30.5. The van der Waals surface area contributed by atoms with Crippen LogP contribution in [0, 0.1) is 10.1 Å². The van der Waals surface area contributed by atoms with Crippen molar-refractivity contribution in [1.29, 1.82) is 0 Å². The summed E-state index contributed by atoms with van der Waals surface area (Å²) in [7, 11) is 0. The zero-order valence-corrected chi connectivity index (χ0v) is 24.9. The quantitative estimate of drug-likeness (QED) is 0.0551. The van der Waals surface area contributed by atoms with E-state index in [0.29, 0.717) is 18.5 Å². The highest BCUT2D eigenvalue weighted by Crippen LogP contribution is 2.42. The Morgan fingerprint density at radius 3 is 1.93 bits per heavy atom. The standard InChI is InChI=1S/C35H33N3O5S/c39-32-23-30-22-31(33(37(30)32)34(40)43-24-25-16-18-29(19-17-25)38(41)42)44-21-20-36-35(26-10-4-1-5-11-26,27-12-6-2-7-13-27)28-14-8-3-9-15-28/h1-19,30-31,33,36H,20-24H2/t30?,31-,33+/m0/s1. The van der Waals surface area contributed by atoms with Gasteiger partial charge in [-0.1, -0.05) is 91.0 Å². The van der Waals surface area contributed by atoms with Crippen LogP contribution in [-0.4, -0.2) is 51.3 Å². The maximum absolute atomic E-state index is 13.3. The van der Waals surface area contributed by atoms with Crippen LogP contribution >= 0.6 is 11.8 Å². The van der Waals surface area contributed by atoms with Gasteiger partial charge in [0.25, 0.3) is 5.69 Å². The fraction of sp³-hybridized carbons (Fsp3) is 0.257. The van der Waals surface area contributed by atoms with Crippen LogP contribution in [0.3, 0.4) is 0 Å². The van der Waals surface area contributed by atoms with Gasteiger partial charge in [0.05, 0.1) is 10.5 Å². The molecule has 2 saturated heterocycles. The lowest BCUT2D eigenvalue weighted by molar-refractivity contribution is -0.384. The number of carbonyl (C=O) groups is 2. The first-order chi connectivity index (χ1) is 21.5. The second kappa shape index (κ2) is 13.0. The number of rotatable bonds is 12. The third-order valence-electron chi connectivity index (χ3n) is 8.46. The number of hydrogen-bond acceptors (Lipinski definition) is 7. The number of hydrogen-bond donors (Lipinski definition) is 1. The Morgan fingerprint density at radius 1 is 0.886 bits per heavy atom. The number of thioether (sulfide) groups is 1. The molecule has 0 radical (unpaired) electrons. The van der Waals surface area contributed by atoms with Crippen molar-refractivity contribution in [2.45, 2.75) is 42.3 Å². The van der Waals surface area contributed by atoms with Gasteiger partial charge >= 0.3 is 5.97 Å². The summed E-state index contributed by atoms with van der Waals surface area (Å²) in [4.78, 5) is 38.0. The second-order valence-electron chi connectivity index (χ2n) is 11.1. The van der Waals surface area contributed by atoms with Gasteiger partial charge in [0.1, 0.15) is 12.6 Å². The second-order valence-corrected chi connectivity index (χ2v) is 12.4. The number of carbonyl (C=O) groups excluding carboxylic acids is 2. The van der Waals surface area contributed by atoms with Crippen LogP contribution in [0.15, 0.2) is 115 Å². The Kier molecular flexibility index (Phi) is 8.77. The molecule has 0 aliphatic carbocycles. The number of nitro groups is 1. The SMILES string of the molecule is O=C(OCc1ccc([N+](=O)[O-])cc1)[C@H]1[C@@H](SCCNC(c2ccccc2)(c2ccccc2)c2ccccc2)CC2CC(=O)N21. The van der Waals surface area contributed by atoms with Crippen LogP contribution in [0.4, 0.5) is 5.69 Å². The normalized spacial score (nSPS) is 19.2. The maximum Gasteiger partial charge on any atom is 0.330 e. The van der Waals surface area contributed by atoms with Crippen molar-refractivity contribution >= 4 is 29.3 Å². The number of benzene rings is 4. The molecule has 2 fully saturated rings. The van der Waals surface area contributed by atoms with Gasteiger partial charge in [0, 0.05) is 42.1 Å². The molecule has 0 aromatic heterocycles. The number of amides is 1. The Labute approximate surface area is 260 Å². The number of fused-ring (bicyclic) bond motifs is 1. The molecule has 2 aliphatic heterocycles. The van der Waals surface area contributed by atoms with Crippen molar-refractivity contribution in [2.24, 2.45) is 0 Å². The molecule has 8 nitrogen and oxygen atoms in total. The molecule has 4 aromatic rings. The van der Waals surface area contributed by atoms with Crippen molar-refractivity contribution in [3.8, 4) is 0 Å². The number of nitro benzene ring substituents is 1. The molecule has 2 aliphatic rings. The third-order valence-corrected chi connectivity index (χ3v) is 9.78. The molecular weight excluding hydrogens is 574 g/mol. The first-order valence-corrected chi connectivity index (χ1v) is 15.8. The molecule has 0 saturated carbocycles. The van der Waals surface area contributed by atoms with E-state index in [1.807, 2.05) is 18.2 Å². The van der Waals surface area contributed by atoms with Gasteiger partial charge in [-0.15, -0.1) is 0 Å². The lowest BCUT2D eigenvalue weighted by Gasteiger charge is -2.38. The Morgan fingerprint density at radius 2 is 1.43 bits per heavy atom. The van der Waals surface area contributed by atoms with Gasteiger partial charge in [-0.3, -0.25) is 20.2 Å². The molecule has 0 spiro atoms. The molecule has 6 rings (SSSR count). The molecule has 1 N–H and O–H groups in total. The van der Waals surface area contributed by atoms with Crippen LogP contribution in [0.1, 0.15) is 35.1 Å². The summed E-state index contributed by atoms with van der Waals surface area (Å²) in [6.07, 6.45) is 1.20. The topological polar surface area (TPSA) is 102 Å². The number of ether oxygens (including phenoxy) is 1. The van der Waals surface area contributed by atoms with Crippen molar-refractivity contribution in [3.63, 3.8) is 0 Å². The average Bonchev–Trinajstić information content (AvgIpc) is 3.37. The van der Waals surface area contributed by atoms with Gasteiger partial charge in [-0.25, -0.2) is 4.79 Å². The van der Waals surface area contributed by atoms with Crippen molar-refractivity contribution in [3.05, 3.63) is 148 Å². The van der Waals surface area contributed by atoms with Crippen LogP contribution in [-0.2, 0) is 26.5 Å². The minimum Gasteiger partial charge on any atom is -0.459 e. The molecule has 1 amide bonds. The Hall–Kier alpha value is -4.47. The minimum atomic E-state index is -0.647. The molecule has 4 aromatic carbocycles. The number of nitrogens with one attached hydrogen (secondary N) is 1. The fourth-order valence-electron chi connectivity index (χ4n) is 6.35. The van der Waals surface area contributed by atoms with Gasteiger partial charge in [-0.05, 0) is 40.8 Å². The maximum atomic E-state index is 13.3. The molecule has 9 heteroatoms. The van der Waals surface area contributed by atoms with E-state index in [1.54, 1.807) is 28.8 Å². The third kappa shape index (κ3) is 5.85. The first-order valence-electron chi connectivity index (χ1n) is 14.7. The summed E-state index contributed by atoms with van der Waals surface area (Å²) in [6.45, 7) is 0.649. The van der Waals surface area contributed by atoms with E-state index in [9.17, 15) is 19.7 Å². The predicted molar refractivity (Wildman–Crippen MR) is 170 cm³/mol. The zero-order valence-electron chi connectivity index (χ0n) is 24.1. The Balaban J connectivity index is 1.16. The number of esters is 1. The molecule has 224 valence electrons. The summed E-state index contributed by atoms with van der Waals surface area (Å²) < 4.78 is 5.65. The Bertz CT molecular complexity index is 1510. The molecular formula is C35H33N3O5S. The monoisotopic (exact) mass is 607 g/mol. The first kappa shape index (κ1) is 29.6. The predicted octanol–water partition coefficient (Wildman–Crippen LogP) is 5.69. The fourth-order valence-corrected chi connectivity index (χ4v) is 7.66. The molecule has 1 unspecified atom stereocenters. The minimum absolute atomic E-state index is 0.00723. The van der Waals surface area contributed by atoms with E-state index in [1.165, 1.54) is 12.1 Å². The van der Waals surface area contributed by atoms with Crippen LogP contribution in [0.2, 0.25) is 0 Å². The van der Waals surface area contributed by atoms with E-state index in [0.717, 1.165) is 28.9 Å². The lowest BCUT2D eigenvalue weighted by Crippen LogP contribution is -2.55. The van der Waals surface area contributed by atoms with E-state index < -0.39 is 22.5 Å². The molecule has 44 heavy (non-hydrogen) atoms. The average molecular weight is 608 g/mol. The number of non-ortho nitro benzene ring substituents is 1. The van der Waals surface area contributed by atoms with Crippen molar-refractivity contribution < 1.29 is 19.2 Å². The lowest BCUT2D eigenvalue weighted by atomic mass is 9.77. The summed E-state index contributed by atoms with van der Waals surface area (Å²) >= 11 is 1.69. The van der Waals surface area contributed by atoms with Crippen LogP contribution in [0.5, 0.6) is 0 Å². The summed E-state index contributed by atoms with van der Waals surface area (Å²) in [5.74, 6) is 0.265. The number of nitrogens with zero attached hydrogens (tertiary/aromatic N) is 2. The molecule has 0 bridgehead atoms. The van der Waals surface area contributed by atoms with Gasteiger partial charge in [-0.2, -0.15) is 11.8 Å². The highest BCUT2D eigenvalue weighted by molar-refractivity contribution is 8.00. The summed E-state index contributed by atoms with van der Waals surface area (Å²) in [5, 5.41) is 14.8. The van der Waals surface area contributed by atoms with Crippen LogP contribution < -0.4 is 5.32 Å². The van der Waals surface area contributed by atoms with E-state index in [-0.39, 0.29) is 29.5 Å². The molecule has 2 heterocycles. The van der Waals surface area contributed by atoms with Crippen molar-refractivity contribution in [1.82, 2.24) is 10.2 Å². The highest BCUT2D eigenvalue weighted by Gasteiger charge is 2.54. The molecule has 3 atom stereocenters. The van der Waals surface area contributed by atoms with Crippen LogP contribution in [0.25, 0.3) is 0 Å². The van der Waals surface area contributed by atoms with Gasteiger partial charge < -0.3 is 9.64 Å². The van der Waals surface area contributed by atoms with Gasteiger partial charge in [0.15, 0.2) is 0 Å². The largest absolute Gasteiger partial charge is 0.459 e. The van der Waals surface area contributed by atoms with Crippen molar-refractivity contribution in [2.75, 3.05) is 12.3 Å². The summed E-state index contributed by atoms with van der Waals surface area (Å²) in [6, 6.07) is 36.6. The van der Waals surface area contributed by atoms with E-state index in [2.05, 4.69) is 78.1 Å². The highest BCUT2D eigenvalue weighted by atomic mass is 32.2. The summed E-state index contributed by atoms with van der Waals surface area (Å²) in [5.41, 5.74) is 3.44. The number of β-lactam (4-membered cyclic amide) rings is 1. The van der Waals surface area contributed by atoms with Gasteiger partial charge in [0.2, 0.25) is 5.91 Å². The van der Waals surface area contributed by atoms with E-state index in [4.69, 9.17) is 4.74 Å². The smallest absolute Gasteiger partial charge is 0.330 e.